The summed E-state index contributed by atoms with van der Waals surface area (Å²) >= 11 is 12.2. The molecule has 0 bridgehead atoms. The van der Waals surface area contributed by atoms with Crippen molar-refractivity contribution in [2.24, 2.45) is 0 Å². The molecule has 0 saturated carbocycles. The van der Waals surface area contributed by atoms with Gasteiger partial charge in [0.25, 0.3) is 10.1 Å². The van der Waals surface area contributed by atoms with Crippen molar-refractivity contribution >= 4 is 39.4 Å². The summed E-state index contributed by atoms with van der Waals surface area (Å²) in [7, 11) is -0.0834. The van der Waals surface area contributed by atoms with E-state index in [1.54, 1.807) is 40.0 Å². The summed E-state index contributed by atoms with van der Waals surface area (Å²) in [6.07, 6.45) is 0.540. The van der Waals surface area contributed by atoms with E-state index in [4.69, 9.17) is 32.1 Å². The Morgan fingerprint density at radius 2 is 1.79 bits per heavy atom. The van der Waals surface area contributed by atoms with Crippen molar-refractivity contribution in [2.75, 3.05) is 40.0 Å². The smallest absolute Gasteiger partial charge is 0.410 e. The Bertz CT molecular complexity index is 781. The lowest BCUT2D eigenvalue weighted by Gasteiger charge is -2.33. The summed E-state index contributed by atoms with van der Waals surface area (Å²) in [4.78, 5) is 15.7. The molecular weight excluding hydrogens is 427 g/mol. The Morgan fingerprint density at radius 1 is 1.18 bits per heavy atom. The van der Waals surface area contributed by atoms with Crippen molar-refractivity contribution in [3.05, 3.63) is 33.8 Å². The number of likely N-dealkylation sites (N-methyl/N-ethyl adjacent to an activating group) is 2. The number of carbonyl (C=O) groups is 1. The molecular formula is C18H28Cl2N2O5S. The van der Waals surface area contributed by atoms with E-state index in [0.717, 1.165) is 11.8 Å². The van der Waals surface area contributed by atoms with Crippen molar-refractivity contribution in [1.29, 1.82) is 0 Å². The molecule has 160 valence electrons. The molecule has 0 aromatic heterocycles. The fourth-order valence-electron chi connectivity index (χ4n) is 2.38. The number of nitrogens with zero attached hydrogens (tertiary/aromatic N) is 2. The Morgan fingerprint density at radius 3 is 2.29 bits per heavy atom. The molecule has 1 aromatic rings. The molecule has 1 unspecified atom stereocenters. The van der Waals surface area contributed by atoms with Gasteiger partial charge in [-0.15, -0.1) is 0 Å². The van der Waals surface area contributed by atoms with Gasteiger partial charge in [-0.2, -0.15) is 8.42 Å². The second-order valence-electron chi connectivity index (χ2n) is 7.56. The van der Waals surface area contributed by atoms with Crippen LogP contribution >= 0.6 is 23.2 Å². The van der Waals surface area contributed by atoms with Crippen LogP contribution in [0.3, 0.4) is 0 Å². The molecule has 0 heterocycles. The van der Waals surface area contributed by atoms with Crippen molar-refractivity contribution < 1.29 is 22.1 Å². The number of ether oxygens (including phenoxy) is 1. The van der Waals surface area contributed by atoms with E-state index in [2.05, 4.69) is 0 Å². The fourth-order valence-corrected chi connectivity index (χ4v) is 3.07. The lowest BCUT2D eigenvalue weighted by molar-refractivity contribution is 0.0248. The van der Waals surface area contributed by atoms with Gasteiger partial charge in [0.1, 0.15) is 5.60 Å². The van der Waals surface area contributed by atoms with Crippen molar-refractivity contribution in [3.63, 3.8) is 0 Å². The first-order valence-corrected chi connectivity index (χ1v) is 11.2. The van der Waals surface area contributed by atoms with Gasteiger partial charge >= 0.3 is 6.09 Å². The Labute approximate surface area is 177 Å². The zero-order chi connectivity index (χ0) is 21.7. The van der Waals surface area contributed by atoms with Crippen LogP contribution < -0.4 is 0 Å². The number of hydrogen-bond acceptors (Lipinski definition) is 6. The topological polar surface area (TPSA) is 76.2 Å². The summed E-state index contributed by atoms with van der Waals surface area (Å²) in [5.41, 5.74) is 0.214. The first-order valence-electron chi connectivity index (χ1n) is 8.63. The van der Waals surface area contributed by atoms with Gasteiger partial charge in [0.15, 0.2) is 0 Å². The molecule has 1 aromatic carbocycles. The van der Waals surface area contributed by atoms with Gasteiger partial charge in [-0.1, -0.05) is 29.3 Å². The quantitative estimate of drug-likeness (QED) is 0.555. The Hall–Kier alpha value is -1.06. The Balaban J connectivity index is 3.00. The van der Waals surface area contributed by atoms with Gasteiger partial charge in [-0.25, -0.2) is 4.79 Å². The predicted octanol–water partition coefficient (Wildman–Crippen LogP) is 3.81. The van der Waals surface area contributed by atoms with E-state index >= 15 is 0 Å². The Kier molecular flexibility index (Phi) is 9.02. The number of hydrogen-bond donors (Lipinski definition) is 0. The lowest BCUT2D eigenvalue weighted by atomic mass is 10.1. The first kappa shape index (κ1) is 25.0. The minimum Gasteiger partial charge on any atom is -0.444 e. The van der Waals surface area contributed by atoms with Crippen LogP contribution in [0.1, 0.15) is 32.4 Å². The highest BCUT2D eigenvalue weighted by Crippen LogP contribution is 2.28. The number of rotatable bonds is 8. The van der Waals surface area contributed by atoms with E-state index in [0.29, 0.717) is 23.1 Å². The molecule has 28 heavy (non-hydrogen) atoms. The number of carbonyl (C=O) groups excluding carboxylic acids is 1. The molecule has 1 atom stereocenters. The summed E-state index contributed by atoms with van der Waals surface area (Å²) in [5.74, 6) is 0. The molecule has 1 rings (SSSR count). The monoisotopic (exact) mass is 454 g/mol. The number of benzene rings is 1. The maximum absolute atomic E-state index is 12.3. The van der Waals surface area contributed by atoms with Gasteiger partial charge in [-0.3, -0.25) is 9.08 Å². The summed E-state index contributed by atoms with van der Waals surface area (Å²) in [6.45, 7) is 5.99. The third kappa shape index (κ3) is 8.96. The van der Waals surface area contributed by atoms with Crippen LogP contribution in [0.25, 0.3) is 0 Å². The van der Waals surface area contributed by atoms with Crippen molar-refractivity contribution in [1.82, 2.24) is 9.80 Å². The van der Waals surface area contributed by atoms with Gasteiger partial charge in [-0.05, 0) is 45.5 Å². The first-order chi connectivity index (χ1) is 12.7. The third-order valence-corrected chi connectivity index (χ3v) is 5.09. The van der Waals surface area contributed by atoms with E-state index in [9.17, 15) is 13.2 Å². The van der Waals surface area contributed by atoms with Crippen LogP contribution in [0.4, 0.5) is 4.79 Å². The highest BCUT2D eigenvalue weighted by molar-refractivity contribution is 7.85. The summed E-state index contributed by atoms with van der Waals surface area (Å²) in [6, 6.07) is 4.94. The minimum atomic E-state index is -3.53. The van der Waals surface area contributed by atoms with Crippen LogP contribution in [0.5, 0.6) is 0 Å². The molecule has 0 N–H and O–H groups in total. The molecule has 0 spiro atoms. The average Bonchev–Trinajstić information content (AvgIpc) is 2.52. The average molecular weight is 455 g/mol. The van der Waals surface area contributed by atoms with Crippen molar-refractivity contribution in [2.45, 2.75) is 32.4 Å². The highest BCUT2D eigenvalue weighted by atomic mass is 35.5. The van der Waals surface area contributed by atoms with Crippen LogP contribution in [0, 0.1) is 0 Å². The van der Waals surface area contributed by atoms with Crippen LogP contribution in [0.15, 0.2) is 18.2 Å². The van der Waals surface area contributed by atoms with E-state index in [1.165, 1.54) is 4.90 Å². The van der Waals surface area contributed by atoms with Crippen LogP contribution in [-0.4, -0.2) is 70.0 Å². The molecule has 10 heteroatoms. The van der Waals surface area contributed by atoms with Gasteiger partial charge in [0, 0.05) is 20.1 Å². The second-order valence-corrected chi connectivity index (χ2v) is 10.0. The zero-order valence-corrected chi connectivity index (χ0v) is 19.4. The molecule has 0 fully saturated rings. The minimum absolute atomic E-state index is 0.0106. The van der Waals surface area contributed by atoms with Gasteiger partial charge in [0.05, 0.1) is 28.9 Å². The maximum atomic E-state index is 12.3. The summed E-state index contributed by atoms with van der Waals surface area (Å²) in [5, 5.41) is 0.817. The van der Waals surface area contributed by atoms with Gasteiger partial charge < -0.3 is 9.64 Å². The standard InChI is InChI=1S/C18H28Cl2N2O5S/c1-18(2,3)27-17(23)22(5)12-16(13-7-8-14(19)15(20)11-13)21(4)9-10-26-28(6,24)25/h7-8,11,16H,9-10,12H2,1-6H3. The van der Waals surface area contributed by atoms with Crippen LogP contribution in [-0.2, 0) is 19.0 Å². The maximum Gasteiger partial charge on any atom is 0.410 e. The summed E-state index contributed by atoms with van der Waals surface area (Å²) < 4.78 is 32.6. The molecule has 0 aliphatic rings. The number of halogens is 2. The SMILES string of the molecule is CN(CC(c1ccc(Cl)c(Cl)c1)N(C)CCOS(C)(=O)=O)C(=O)OC(C)(C)C. The normalized spacial score (nSPS) is 13.5. The van der Waals surface area contributed by atoms with Gasteiger partial charge in [0.2, 0.25) is 0 Å². The van der Waals surface area contributed by atoms with E-state index < -0.39 is 21.8 Å². The molecule has 0 saturated heterocycles. The molecule has 1 amide bonds. The molecule has 0 aliphatic heterocycles. The van der Waals surface area contributed by atoms with E-state index in [-0.39, 0.29) is 12.6 Å². The molecule has 0 aliphatic carbocycles. The molecule has 0 radical (unpaired) electrons. The van der Waals surface area contributed by atoms with E-state index in [1.807, 2.05) is 18.0 Å². The third-order valence-electron chi connectivity index (χ3n) is 3.75. The zero-order valence-electron chi connectivity index (χ0n) is 17.0. The fraction of sp³-hybridized carbons (Fsp3) is 0.611. The number of amides is 1. The van der Waals surface area contributed by atoms with Crippen molar-refractivity contribution in [3.8, 4) is 0 Å². The largest absolute Gasteiger partial charge is 0.444 e. The molecule has 7 nitrogen and oxygen atoms in total. The van der Waals surface area contributed by atoms with Crippen LogP contribution in [0.2, 0.25) is 10.0 Å². The predicted molar refractivity (Wildman–Crippen MR) is 111 cm³/mol. The second kappa shape index (κ2) is 10.1. The lowest BCUT2D eigenvalue weighted by Crippen LogP contribution is -2.41. The highest BCUT2D eigenvalue weighted by Gasteiger charge is 2.25.